The summed E-state index contributed by atoms with van der Waals surface area (Å²) >= 11 is 0. The fourth-order valence-electron chi connectivity index (χ4n) is 4.05. The molecule has 0 aliphatic heterocycles. The van der Waals surface area contributed by atoms with Gasteiger partial charge in [0.1, 0.15) is 0 Å². The van der Waals surface area contributed by atoms with Crippen LogP contribution < -0.4 is 5.32 Å². The van der Waals surface area contributed by atoms with Gasteiger partial charge in [0.15, 0.2) is 0 Å². The van der Waals surface area contributed by atoms with E-state index in [2.05, 4.69) is 5.32 Å². The van der Waals surface area contributed by atoms with Gasteiger partial charge in [-0.15, -0.1) is 0 Å². The zero-order valence-electron chi connectivity index (χ0n) is 19.8. The number of nitriles is 1. The Labute approximate surface area is 203 Å². The van der Waals surface area contributed by atoms with Crippen LogP contribution >= 0.6 is 0 Å². The number of nitrogens with zero attached hydrogens (tertiary/aromatic N) is 1. The minimum atomic E-state index is -4.71. The first-order valence-corrected chi connectivity index (χ1v) is 11.2. The zero-order chi connectivity index (χ0) is 25.6. The summed E-state index contributed by atoms with van der Waals surface area (Å²) in [6.45, 7) is 3.82. The van der Waals surface area contributed by atoms with Crippen molar-refractivity contribution in [2.45, 2.75) is 38.9 Å². The summed E-state index contributed by atoms with van der Waals surface area (Å²) < 4.78 is 48.4. The minimum Gasteiger partial charge on any atom is -0.469 e. The maximum absolute atomic E-state index is 14.5. The molecular formula is C28H27F3N2O2. The first kappa shape index (κ1) is 25.8. The van der Waals surface area contributed by atoms with Crippen molar-refractivity contribution in [2.24, 2.45) is 5.92 Å². The minimum absolute atomic E-state index is 0.0318. The third-order valence-corrected chi connectivity index (χ3v) is 5.69. The average molecular weight is 481 g/mol. The van der Waals surface area contributed by atoms with Gasteiger partial charge in [0.25, 0.3) is 0 Å². The fraction of sp³-hybridized carbons (Fsp3) is 0.286. The van der Waals surface area contributed by atoms with Gasteiger partial charge in [-0.2, -0.15) is 18.4 Å². The van der Waals surface area contributed by atoms with Crippen LogP contribution in [-0.4, -0.2) is 13.1 Å². The molecule has 3 rings (SSSR count). The van der Waals surface area contributed by atoms with E-state index in [4.69, 9.17) is 10.00 Å². The smallest absolute Gasteiger partial charge is 0.418 e. The predicted octanol–water partition coefficient (Wildman–Crippen LogP) is 7.16. The monoisotopic (exact) mass is 480 g/mol. The van der Waals surface area contributed by atoms with Crippen LogP contribution in [0.5, 0.6) is 0 Å². The van der Waals surface area contributed by atoms with Gasteiger partial charge in [0.2, 0.25) is 0 Å². The van der Waals surface area contributed by atoms with E-state index in [9.17, 15) is 18.0 Å². The molecule has 0 saturated heterocycles. The van der Waals surface area contributed by atoms with Crippen molar-refractivity contribution in [3.8, 4) is 17.2 Å². The summed E-state index contributed by atoms with van der Waals surface area (Å²) in [5.41, 5.74) is 1.38. The molecule has 0 heterocycles. The largest absolute Gasteiger partial charge is 0.469 e. The molecule has 4 nitrogen and oxygen atoms in total. The number of alkyl halides is 3. The molecule has 0 aromatic heterocycles. The molecule has 3 aromatic rings. The molecule has 35 heavy (non-hydrogen) atoms. The van der Waals surface area contributed by atoms with Crippen LogP contribution in [0.3, 0.4) is 0 Å². The normalized spacial score (nSPS) is 12.2. The third-order valence-electron chi connectivity index (χ3n) is 5.69. The van der Waals surface area contributed by atoms with E-state index in [0.717, 1.165) is 11.1 Å². The van der Waals surface area contributed by atoms with Gasteiger partial charge in [-0.25, -0.2) is 0 Å². The maximum atomic E-state index is 14.5. The number of esters is 1. The summed E-state index contributed by atoms with van der Waals surface area (Å²) in [6.07, 6.45) is -4.50. The number of ether oxygens (including phenoxy) is 1. The second kappa shape index (κ2) is 11.1. The van der Waals surface area contributed by atoms with Gasteiger partial charge in [-0.1, -0.05) is 56.3 Å². The number of halogens is 3. The number of nitrogens with one attached hydrogen (secondary N) is 1. The number of carbonyl (C=O) groups excluding carboxylic acids is 1. The highest BCUT2D eigenvalue weighted by molar-refractivity contribution is 5.82. The molecule has 0 unspecified atom stereocenters. The molecule has 182 valence electrons. The summed E-state index contributed by atoms with van der Waals surface area (Å²) in [6, 6.07) is 20.6. The highest BCUT2D eigenvalue weighted by Crippen LogP contribution is 2.44. The number of carbonyl (C=O) groups is 1. The van der Waals surface area contributed by atoms with Crippen molar-refractivity contribution >= 4 is 11.7 Å². The Kier molecular flexibility index (Phi) is 8.18. The maximum Gasteiger partial charge on any atom is 0.418 e. The highest BCUT2D eigenvalue weighted by Gasteiger charge is 2.40. The number of hydrogen-bond donors (Lipinski definition) is 1. The lowest BCUT2D eigenvalue weighted by Gasteiger charge is -2.25. The topological polar surface area (TPSA) is 62.1 Å². The van der Waals surface area contributed by atoms with Crippen LogP contribution in [0.2, 0.25) is 0 Å². The summed E-state index contributed by atoms with van der Waals surface area (Å²) in [4.78, 5) is 12.7. The van der Waals surface area contributed by atoms with Crippen LogP contribution in [0.4, 0.5) is 18.9 Å². The molecule has 0 fully saturated rings. The van der Waals surface area contributed by atoms with Crippen LogP contribution in [0.15, 0.2) is 66.7 Å². The lowest BCUT2D eigenvalue weighted by Crippen LogP contribution is -2.22. The standard InChI is InChI=1S/C28H27F3N2O2/c1-18(2)13-24(27(34)35-3)23-14-22(21-7-5-4-6-8-21)15-25(26(23)28(29,30)31)33-17-20-11-9-19(16-32)10-12-20/h4-12,14-15,18,24,33H,13,17H2,1-3H3/t24-/m1/s1. The molecule has 7 heteroatoms. The molecule has 0 spiro atoms. The predicted molar refractivity (Wildman–Crippen MR) is 130 cm³/mol. The van der Waals surface area contributed by atoms with Crippen molar-refractivity contribution in [3.63, 3.8) is 0 Å². The van der Waals surface area contributed by atoms with Gasteiger partial charge in [0, 0.05) is 12.2 Å². The Hall–Kier alpha value is -3.79. The number of anilines is 1. The molecule has 0 aliphatic rings. The van der Waals surface area contributed by atoms with Crippen LogP contribution in [-0.2, 0) is 22.3 Å². The number of benzene rings is 3. The molecule has 0 amide bonds. The summed E-state index contributed by atoms with van der Waals surface area (Å²) in [7, 11) is 1.19. The second-order valence-corrected chi connectivity index (χ2v) is 8.72. The highest BCUT2D eigenvalue weighted by atomic mass is 19.4. The molecule has 1 atom stereocenters. The van der Waals surface area contributed by atoms with E-state index in [1.165, 1.54) is 19.2 Å². The van der Waals surface area contributed by atoms with Crippen molar-refractivity contribution < 1.29 is 22.7 Å². The van der Waals surface area contributed by atoms with E-state index in [-0.39, 0.29) is 30.1 Å². The molecule has 0 aliphatic carbocycles. The Morgan fingerprint density at radius 3 is 2.23 bits per heavy atom. The fourth-order valence-corrected chi connectivity index (χ4v) is 4.05. The van der Waals surface area contributed by atoms with Gasteiger partial charge in [0.05, 0.1) is 30.2 Å². The van der Waals surface area contributed by atoms with Gasteiger partial charge in [-0.3, -0.25) is 4.79 Å². The van der Waals surface area contributed by atoms with E-state index in [1.54, 1.807) is 24.3 Å². The van der Waals surface area contributed by atoms with Crippen LogP contribution in [0.1, 0.15) is 48.4 Å². The van der Waals surface area contributed by atoms with Gasteiger partial charge >= 0.3 is 12.1 Å². The Bertz CT molecular complexity index is 1200. The lowest BCUT2D eigenvalue weighted by atomic mass is 9.84. The molecular weight excluding hydrogens is 453 g/mol. The molecule has 1 N–H and O–H groups in total. The molecule has 3 aromatic carbocycles. The summed E-state index contributed by atoms with van der Waals surface area (Å²) in [5, 5.41) is 11.9. The number of hydrogen-bond acceptors (Lipinski definition) is 4. The molecule has 0 radical (unpaired) electrons. The number of methoxy groups -OCH3 is 1. The molecule has 0 saturated carbocycles. The van der Waals surface area contributed by atoms with Crippen molar-refractivity contribution in [1.82, 2.24) is 0 Å². The quantitative estimate of drug-likeness (QED) is 0.348. The van der Waals surface area contributed by atoms with Gasteiger partial charge < -0.3 is 10.1 Å². The third kappa shape index (κ3) is 6.42. The van der Waals surface area contributed by atoms with E-state index >= 15 is 0 Å². The van der Waals surface area contributed by atoms with Crippen molar-refractivity contribution in [3.05, 3.63) is 89.0 Å². The van der Waals surface area contributed by atoms with Crippen LogP contribution in [0, 0.1) is 17.2 Å². The lowest BCUT2D eigenvalue weighted by molar-refractivity contribution is -0.144. The second-order valence-electron chi connectivity index (χ2n) is 8.72. The van der Waals surface area contributed by atoms with Gasteiger partial charge in [-0.05, 0) is 58.9 Å². The first-order valence-electron chi connectivity index (χ1n) is 11.2. The Balaban J connectivity index is 2.19. The average Bonchev–Trinajstić information content (AvgIpc) is 2.85. The SMILES string of the molecule is COC(=O)[C@H](CC(C)C)c1cc(-c2ccccc2)cc(NCc2ccc(C#N)cc2)c1C(F)(F)F. The van der Waals surface area contributed by atoms with E-state index in [0.29, 0.717) is 11.1 Å². The summed E-state index contributed by atoms with van der Waals surface area (Å²) in [5.74, 6) is -1.81. The van der Waals surface area contributed by atoms with E-state index < -0.39 is 23.6 Å². The van der Waals surface area contributed by atoms with Crippen molar-refractivity contribution in [2.75, 3.05) is 12.4 Å². The number of rotatable bonds is 8. The zero-order valence-corrected chi connectivity index (χ0v) is 19.8. The Morgan fingerprint density at radius 2 is 1.69 bits per heavy atom. The van der Waals surface area contributed by atoms with Crippen LogP contribution in [0.25, 0.3) is 11.1 Å². The first-order chi connectivity index (χ1) is 16.6. The Morgan fingerprint density at radius 1 is 1.03 bits per heavy atom. The molecule has 0 bridgehead atoms. The van der Waals surface area contributed by atoms with E-state index in [1.807, 2.05) is 50.2 Å². The van der Waals surface area contributed by atoms with Crippen molar-refractivity contribution in [1.29, 1.82) is 5.26 Å².